The molecule has 0 amide bonds. The zero-order valence-electron chi connectivity index (χ0n) is 18.4. The topological polar surface area (TPSA) is 129 Å². The van der Waals surface area contributed by atoms with Crippen molar-refractivity contribution >= 4 is 21.7 Å². The highest BCUT2D eigenvalue weighted by Gasteiger charge is 2.17. The highest BCUT2D eigenvalue weighted by atomic mass is 32.2. The Morgan fingerprint density at radius 3 is 2.33 bits per heavy atom. The number of nitro groups is 1. The summed E-state index contributed by atoms with van der Waals surface area (Å²) in [5.41, 5.74) is -0.269. The van der Waals surface area contributed by atoms with Crippen LogP contribution in [0.1, 0.15) is 34.1 Å². The fourth-order valence-electron chi connectivity index (χ4n) is 3.02. The van der Waals surface area contributed by atoms with Gasteiger partial charge in [0.1, 0.15) is 0 Å². The normalized spacial score (nSPS) is 12.6. The van der Waals surface area contributed by atoms with Crippen molar-refractivity contribution in [1.29, 1.82) is 0 Å². The number of guanidine groups is 1. The van der Waals surface area contributed by atoms with E-state index in [0.29, 0.717) is 24.6 Å². The van der Waals surface area contributed by atoms with Gasteiger partial charge >= 0.3 is 0 Å². The number of hydrogen-bond acceptors (Lipinski definition) is 6. The number of nitro benzene ring substituents is 1. The molecule has 1 aromatic carbocycles. The molecule has 0 unspecified atom stereocenters. The second-order valence-corrected chi connectivity index (χ2v) is 9.12. The number of nitrogens with one attached hydrogen (secondary N) is 3. The minimum atomic E-state index is -3.83. The lowest BCUT2D eigenvalue weighted by atomic mass is 10.2. The number of benzene rings is 1. The first-order valence-electron chi connectivity index (χ1n) is 10.0. The maximum atomic E-state index is 12.3. The van der Waals surface area contributed by atoms with Crippen LogP contribution in [0.4, 0.5) is 5.69 Å². The Hall–Kier alpha value is -2.24. The van der Waals surface area contributed by atoms with Crippen molar-refractivity contribution in [3.63, 3.8) is 0 Å². The van der Waals surface area contributed by atoms with E-state index in [1.54, 1.807) is 7.05 Å². The Bertz CT molecular complexity index is 803. The molecule has 0 atom stereocenters. The molecule has 0 heterocycles. The van der Waals surface area contributed by atoms with Gasteiger partial charge in [0.25, 0.3) is 5.69 Å². The molecular weight excluding hydrogens is 408 g/mol. The van der Waals surface area contributed by atoms with E-state index in [1.807, 2.05) is 0 Å². The minimum absolute atomic E-state index is 0.111. The molecule has 30 heavy (non-hydrogen) atoms. The molecule has 0 saturated heterocycles. The lowest BCUT2D eigenvalue weighted by Gasteiger charge is -2.30. The zero-order valence-corrected chi connectivity index (χ0v) is 19.2. The SMILES string of the molecule is CN=C(NCCCN(C(C)C)C(C)C)NCCNS(=O)(=O)c1cccc([N+](=O)[O-])c1. The van der Waals surface area contributed by atoms with Crippen LogP contribution in [0.25, 0.3) is 0 Å². The highest BCUT2D eigenvalue weighted by Crippen LogP contribution is 2.16. The molecule has 1 aromatic rings. The van der Waals surface area contributed by atoms with Crippen molar-refractivity contribution in [2.45, 2.75) is 51.1 Å². The van der Waals surface area contributed by atoms with Gasteiger partial charge in [0.15, 0.2) is 5.96 Å². The number of hydrogen-bond donors (Lipinski definition) is 3. The first-order chi connectivity index (χ1) is 14.1. The summed E-state index contributed by atoms with van der Waals surface area (Å²) in [6, 6.07) is 5.92. The Morgan fingerprint density at radius 2 is 1.77 bits per heavy atom. The van der Waals surface area contributed by atoms with Crippen LogP contribution in [-0.4, -0.2) is 69.5 Å². The quantitative estimate of drug-likeness (QED) is 0.147. The van der Waals surface area contributed by atoms with Crippen molar-refractivity contribution in [2.75, 3.05) is 33.2 Å². The summed E-state index contributed by atoms with van der Waals surface area (Å²) in [5, 5.41) is 17.1. The molecule has 0 aromatic heterocycles. The fraction of sp³-hybridized carbons (Fsp3) is 0.632. The van der Waals surface area contributed by atoms with Crippen LogP contribution in [0.2, 0.25) is 0 Å². The van der Waals surface area contributed by atoms with Crippen molar-refractivity contribution < 1.29 is 13.3 Å². The summed E-state index contributed by atoms with van der Waals surface area (Å²) >= 11 is 0. The van der Waals surface area contributed by atoms with Gasteiger partial charge in [-0.05, 0) is 40.2 Å². The molecule has 170 valence electrons. The van der Waals surface area contributed by atoms with Gasteiger partial charge in [0, 0.05) is 57.4 Å². The van der Waals surface area contributed by atoms with Crippen LogP contribution < -0.4 is 15.4 Å². The second-order valence-electron chi connectivity index (χ2n) is 7.36. The Labute approximate surface area is 179 Å². The maximum Gasteiger partial charge on any atom is 0.270 e. The van der Waals surface area contributed by atoms with Crippen LogP contribution in [0, 0.1) is 10.1 Å². The van der Waals surface area contributed by atoms with Crippen LogP contribution in [0.15, 0.2) is 34.2 Å². The van der Waals surface area contributed by atoms with E-state index >= 15 is 0 Å². The monoisotopic (exact) mass is 442 g/mol. The molecule has 3 N–H and O–H groups in total. The first kappa shape index (κ1) is 25.8. The summed E-state index contributed by atoms with van der Waals surface area (Å²) in [4.78, 5) is 16.6. The smallest absolute Gasteiger partial charge is 0.270 e. The van der Waals surface area contributed by atoms with Gasteiger partial charge in [0.05, 0.1) is 9.82 Å². The summed E-state index contributed by atoms with van der Waals surface area (Å²) in [5.74, 6) is 0.588. The Kier molecular flexibility index (Phi) is 10.7. The molecular formula is C19H34N6O4S. The van der Waals surface area contributed by atoms with E-state index in [0.717, 1.165) is 25.6 Å². The fourth-order valence-corrected chi connectivity index (χ4v) is 4.09. The lowest BCUT2D eigenvalue weighted by molar-refractivity contribution is -0.385. The molecule has 0 aliphatic rings. The average Bonchev–Trinajstić information content (AvgIpc) is 2.68. The number of non-ortho nitro benzene ring substituents is 1. The van der Waals surface area contributed by atoms with Gasteiger partial charge in [-0.2, -0.15) is 0 Å². The predicted molar refractivity (Wildman–Crippen MR) is 119 cm³/mol. The van der Waals surface area contributed by atoms with Gasteiger partial charge in [-0.15, -0.1) is 0 Å². The molecule has 0 aliphatic carbocycles. The molecule has 0 spiro atoms. The Balaban J connectivity index is 2.41. The third-order valence-electron chi connectivity index (χ3n) is 4.48. The van der Waals surface area contributed by atoms with E-state index in [2.05, 4.69) is 52.9 Å². The molecule has 0 radical (unpaired) electrons. The number of sulfonamides is 1. The largest absolute Gasteiger partial charge is 0.356 e. The van der Waals surface area contributed by atoms with Gasteiger partial charge in [-0.1, -0.05) is 6.07 Å². The highest BCUT2D eigenvalue weighted by molar-refractivity contribution is 7.89. The van der Waals surface area contributed by atoms with E-state index in [4.69, 9.17) is 0 Å². The average molecular weight is 443 g/mol. The van der Waals surface area contributed by atoms with E-state index in [1.165, 1.54) is 18.2 Å². The van der Waals surface area contributed by atoms with Crippen molar-refractivity contribution in [3.05, 3.63) is 34.4 Å². The second kappa shape index (κ2) is 12.5. The molecule has 0 saturated carbocycles. The molecule has 0 aliphatic heterocycles. The van der Waals surface area contributed by atoms with Crippen molar-refractivity contribution in [1.82, 2.24) is 20.3 Å². The number of rotatable bonds is 12. The van der Waals surface area contributed by atoms with Gasteiger partial charge in [0.2, 0.25) is 10.0 Å². The summed E-state index contributed by atoms with van der Waals surface area (Å²) in [6.07, 6.45) is 0.955. The zero-order chi connectivity index (χ0) is 22.7. The van der Waals surface area contributed by atoms with Gasteiger partial charge < -0.3 is 10.6 Å². The maximum absolute atomic E-state index is 12.3. The summed E-state index contributed by atoms with van der Waals surface area (Å²) in [6.45, 7) is 10.9. The third kappa shape index (κ3) is 8.64. The van der Waals surface area contributed by atoms with E-state index in [-0.39, 0.29) is 17.1 Å². The predicted octanol–water partition coefficient (Wildman–Crippen LogP) is 1.55. The minimum Gasteiger partial charge on any atom is -0.356 e. The standard InChI is InChI=1S/C19H34N6O4S/c1-15(2)24(16(3)4)13-7-10-21-19(20-5)22-11-12-23-30(28,29)18-9-6-8-17(14-18)25(26)27/h6,8-9,14-16,23H,7,10-13H2,1-5H3,(H2,20,21,22). The summed E-state index contributed by atoms with van der Waals surface area (Å²) in [7, 11) is -2.18. The number of aliphatic imine (C=N–C) groups is 1. The lowest BCUT2D eigenvalue weighted by Crippen LogP contribution is -2.43. The molecule has 11 heteroatoms. The van der Waals surface area contributed by atoms with E-state index in [9.17, 15) is 18.5 Å². The summed E-state index contributed by atoms with van der Waals surface area (Å²) < 4.78 is 27.0. The van der Waals surface area contributed by atoms with Crippen molar-refractivity contribution in [3.8, 4) is 0 Å². The van der Waals surface area contributed by atoms with Crippen LogP contribution in [-0.2, 0) is 10.0 Å². The molecule has 0 fully saturated rings. The molecule has 10 nitrogen and oxygen atoms in total. The molecule has 0 bridgehead atoms. The van der Waals surface area contributed by atoms with Crippen LogP contribution >= 0.6 is 0 Å². The van der Waals surface area contributed by atoms with Gasteiger partial charge in [-0.25, -0.2) is 13.1 Å². The number of nitrogens with zero attached hydrogens (tertiary/aromatic N) is 3. The van der Waals surface area contributed by atoms with Crippen LogP contribution in [0.3, 0.4) is 0 Å². The van der Waals surface area contributed by atoms with Crippen molar-refractivity contribution in [2.24, 2.45) is 4.99 Å². The van der Waals surface area contributed by atoms with Gasteiger partial charge in [-0.3, -0.25) is 20.0 Å². The third-order valence-corrected chi connectivity index (χ3v) is 5.94. The first-order valence-corrected chi connectivity index (χ1v) is 11.5. The van der Waals surface area contributed by atoms with E-state index < -0.39 is 14.9 Å². The Morgan fingerprint density at radius 1 is 1.13 bits per heavy atom. The molecule has 1 rings (SSSR count). The van der Waals surface area contributed by atoms with Crippen LogP contribution in [0.5, 0.6) is 0 Å².